The third kappa shape index (κ3) is 3.86. The van der Waals surface area contributed by atoms with E-state index in [1.807, 2.05) is 30.3 Å². The van der Waals surface area contributed by atoms with Crippen LogP contribution in [0.2, 0.25) is 0 Å². The number of benzene rings is 2. The number of ether oxygens (including phenoxy) is 1. The quantitative estimate of drug-likeness (QED) is 0.518. The van der Waals surface area contributed by atoms with Crippen LogP contribution in [-0.4, -0.2) is 20.4 Å². The molecule has 2 aromatic carbocycles. The second kappa shape index (κ2) is 7.47. The molecule has 0 aliphatic heterocycles. The van der Waals surface area contributed by atoms with Crippen LogP contribution in [0.1, 0.15) is 21.6 Å². The minimum Gasteiger partial charge on any atom is -0.471 e. The van der Waals surface area contributed by atoms with Crippen LogP contribution in [0.4, 0.5) is 5.69 Å². The van der Waals surface area contributed by atoms with Gasteiger partial charge in [-0.1, -0.05) is 42.5 Å². The highest BCUT2D eigenvalue weighted by Gasteiger charge is 2.18. The van der Waals surface area contributed by atoms with E-state index in [0.29, 0.717) is 0 Å². The van der Waals surface area contributed by atoms with Crippen molar-refractivity contribution >= 4 is 11.6 Å². The molecule has 0 bridgehead atoms. The van der Waals surface area contributed by atoms with E-state index in [1.54, 1.807) is 16.7 Å². The molecule has 2 N–H and O–H groups in total. The van der Waals surface area contributed by atoms with Crippen LogP contribution in [0.15, 0.2) is 60.9 Å². The van der Waals surface area contributed by atoms with Crippen molar-refractivity contribution < 1.29 is 14.5 Å². The Morgan fingerprint density at radius 1 is 1.12 bits per heavy atom. The first-order valence-electron chi connectivity index (χ1n) is 7.79. The highest BCUT2D eigenvalue weighted by molar-refractivity contribution is 5.93. The molecule has 1 amide bonds. The predicted octanol–water partition coefficient (Wildman–Crippen LogP) is 2.52. The number of nitro groups is 1. The average molecular weight is 352 g/mol. The number of carbonyl (C=O) groups excluding carboxylic acids is 1. The first-order chi connectivity index (χ1) is 12.5. The topological polar surface area (TPSA) is 113 Å². The van der Waals surface area contributed by atoms with Crippen molar-refractivity contribution in [3.8, 4) is 5.88 Å². The minimum absolute atomic E-state index is 0.00129. The van der Waals surface area contributed by atoms with E-state index in [-0.39, 0.29) is 30.4 Å². The van der Waals surface area contributed by atoms with Crippen molar-refractivity contribution in [1.29, 1.82) is 0 Å². The van der Waals surface area contributed by atoms with E-state index < -0.39 is 10.8 Å². The van der Waals surface area contributed by atoms with E-state index in [9.17, 15) is 14.9 Å². The Balaban J connectivity index is 1.78. The lowest BCUT2D eigenvalue weighted by molar-refractivity contribution is -0.384. The molecule has 0 atom stereocenters. The number of carbonyl (C=O) groups is 1. The van der Waals surface area contributed by atoms with Gasteiger partial charge < -0.3 is 15.0 Å². The number of nitrogens with zero attached hydrogens (tertiary/aromatic N) is 3. The third-order valence-corrected chi connectivity index (χ3v) is 3.76. The molecule has 0 saturated heterocycles. The van der Waals surface area contributed by atoms with Gasteiger partial charge in [0.1, 0.15) is 6.61 Å². The largest absolute Gasteiger partial charge is 0.471 e. The monoisotopic (exact) mass is 352 g/mol. The molecule has 0 radical (unpaired) electrons. The van der Waals surface area contributed by atoms with Crippen molar-refractivity contribution in [2.24, 2.45) is 5.73 Å². The maximum atomic E-state index is 11.8. The number of nitro benzene ring substituents is 1. The number of primary amides is 1. The van der Waals surface area contributed by atoms with Gasteiger partial charge >= 0.3 is 0 Å². The van der Waals surface area contributed by atoms with E-state index in [0.717, 1.165) is 11.1 Å². The maximum Gasteiger partial charge on any atom is 0.271 e. The summed E-state index contributed by atoms with van der Waals surface area (Å²) >= 11 is 0. The smallest absolute Gasteiger partial charge is 0.271 e. The molecule has 0 aliphatic rings. The fraction of sp³-hybridized carbons (Fsp3) is 0.111. The Labute approximate surface area is 149 Å². The summed E-state index contributed by atoms with van der Waals surface area (Å²) in [6, 6.07) is 15.5. The van der Waals surface area contributed by atoms with Crippen molar-refractivity contribution in [1.82, 2.24) is 9.55 Å². The van der Waals surface area contributed by atoms with Crippen molar-refractivity contribution in [3.05, 3.63) is 87.9 Å². The number of hydrogen-bond acceptors (Lipinski definition) is 5. The average Bonchev–Trinajstić information content (AvgIpc) is 3.04. The Morgan fingerprint density at radius 3 is 2.42 bits per heavy atom. The van der Waals surface area contributed by atoms with E-state index in [4.69, 9.17) is 10.5 Å². The van der Waals surface area contributed by atoms with Crippen LogP contribution in [-0.2, 0) is 13.2 Å². The zero-order valence-electron chi connectivity index (χ0n) is 13.7. The molecule has 0 saturated carbocycles. The Kier molecular flexibility index (Phi) is 4.93. The molecule has 3 aromatic rings. The van der Waals surface area contributed by atoms with Crippen LogP contribution in [0.5, 0.6) is 5.88 Å². The number of imidazole rings is 1. The summed E-state index contributed by atoms with van der Waals surface area (Å²) < 4.78 is 7.19. The zero-order chi connectivity index (χ0) is 18.5. The zero-order valence-corrected chi connectivity index (χ0v) is 13.7. The molecule has 0 unspecified atom stereocenters. The first-order valence-corrected chi connectivity index (χ1v) is 7.79. The molecule has 0 aliphatic carbocycles. The summed E-state index contributed by atoms with van der Waals surface area (Å²) in [6.45, 7) is 0.549. The van der Waals surface area contributed by atoms with Gasteiger partial charge in [0.05, 0.1) is 11.3 Å². The molecule has 26 heavy (non-hydrogen) atoms. The molecular formula is C18H16N4O4. The minimum atomic E-state index is -0.660. The van der Waals surface area contributed by atoms with Crippen molar-refractivity contribution in [3.63, 3.8) is 0 Å². The van der Waals surface area contributed by atoms with Gasteiger partial charge in [-0.25, -0.2) is 4.98 Å². The van der Waals surface area contributed by atoms with Gasteiger partial charge in [0.25, 0.3) is 11.6 Å². The van der Waals surface area contributed by atoms with Gasteiger partial charge in [-0.2, -0.15) is 0 Å². The van der Waals surface area contributed by atoms with Gasteiger partial charge in [-0.3, -0.25) is 14.9 Å². The van der Waals surface area contributed by atoms with Gasteiger partial charge in [0.15, 0.2) is 5.69 Å². The standard InChI is InChI=1S/C18H16N4O4/c19-17(23)16-18(26-11-14-4-2-1-3-5-14)20-12-21(16)10-13-6-8-15(9-7-13)22(24)25/h1-9,12H,10-11H2,(H2,19,23). The SMILES string of the molecule is NC(=O)c1c(OCc2ccccc2)ncn1Cc1ccc([N+](=O)[O-])cc1. The summed E-state index contributed by atoms with van der Waals surface area (Å²) in [6.07, 6.45) is 1.46. The lowest BCUT2D eigenvalue weighted by atomic mass is 10.2. The lowest BCUT2D eigenvalue weighted by Crippen LogP contribution is -2.18. The molecule has 1 aromatic heterocycles. The van der Waals surface area contributed by atoms with Gasteiger partial charge in [-0.15, -0.1) is 0 Å². The fourth-order valence-electron chi connectivity index (χ4n) is 2.48. The Hall–Kier alpha value is -3.68. The number of hydrogen-bond donors (Lipinski definition) is 1. The number of nitrogens with two attached hydrogens (primary N) is 1. The number of rotatable bonds is 7. The van der Waals surface area contributed by atoms with E-state index in [2.05, 4.69) is 4.98 Å². The molecule has 132 valence electrons. The molecule has 3 rings (SSSR count). The summed E-state index contributed by atoms with van der Waals surface area (Å²) in [4.78, 5) is 26.2. The summed E-state index contributed by atoms with van der Waals surface area (Å²) in [5, 5.41) is 10.7. The second-order valence-electron chi connectivity index (χ2n) is 5.59. The van der Waals surface area contributed by atoms with Gasteiger partial charge in [0.2, 0.25) is 5.88 Å². The molecule has 8 nitrogen and oxygen atoms in total. The van der Waals surface area contributed by atoms with Gasteiger partial charge in [-0.05, 0) is 11.1 Å². The second-order valence-corrected chi connectivity index (χ2v) is 5.59. The van der Waals surface area contributed by atoms with Crippen LogP contribution in [0.25, 0.3) is 0 Å². The summed E-state index contributed by atoms with van der Waals surface area (Å²) in [7, 11) is 0. The molecular weight excluding hydrogens is 336 g/mol. The number of amides is 1. The van der Waals surface area contributed by atoms with E-state index >= 15 is 0 Å². The third-order valence-electron chi connectivity index (χ3n) is 3.76. The van der Waals surface area contributed by atoms with Crippen molar-refractivity contribution in [2.45, 2.75) is 13.2 Å². The Morgan fingerprint density at radius 2 is 1.81 bits per heavy atom. The Bertz CT molecular complexity index is 920. The molecule has 8 heteroatoms. The normalized spacial score (nSPS) is 10.5. The summed E-state index contributed by atoms with van der Waals surface area (Å²) in [5.74, 6) is -0.504. The fourth-order valence-corrected chi connectivity index (χ4v) is 2.48. The highest BCUT2D eigenvalue weighted by atomic mass is 16.6. The van der Waals surface area contributed by atoms with Crippen LogP contribution < -0.4 is 10.5 Å². The number of aromatic nitrogens is 2. The summed E-state index contributed by atoms with van der Waals surface area (Å²) in [5.41, 5.74) is 7.34. The molecule has 1 heterocycles. The molecule has 0 fully saturated rings. The van der Waals surface area contributed by atoms with E-state index in [1.165, 1.54) is 18.5 Å². The molecule has 0 spiro atoms. The van der Waals surface area contributed by atoms with Crippen molar-refractivity contribution in [2.75, 3.05) is 0 Å². The number of non-ortho nitro benzene ring substituents is 1. The first kappa shape index (κ1) is 17.2. The van der Waals surface area contributed by atoms with Crippen LogP contribution in [0.3, 0.4) is 0 Å². The van der Waals surface area contributed by atoms with Gasteiger partial charge in [0, 0.05) is 18.7 Å². The van der Waals surface area contributed by atoms with Crippen LogP contribution >= 0.6 is 0 Å². The lowest BCUT2D eigenvalue weighted by Gasteiger charge is -2.08. The van der Waals surface area contributed by atoms with Crippen LogP contribution in [0, 0.1) is 10.1 Å². The highest BCUT2D eigenvalue weighted by Crippen LogP contribution is 2.20. The maximum absolute atomic E-state index is 11.8. The predicted molar refractivity (Wildman–Crippen MR) is 93.7 cm³/mol.